The van der Waals surface area contributed by atoms with Crippen molar-refractivity contribution in [2.75, 3.05) is 0 Å². The molecule has 1 aromatic heterocycles. The number of hydrogen-bond donors (Lipinski definition) is 2. The quantitative estimate of drug-likeness (QED) is 0.860. The zero-order chi connectivity index (χ0) is 13.8. The molecule has 0 aliphatic carbocycles. The minimum Gasteiger partial charge on any atom is -0.350 e. The molecule has 2 aromatic rings. The van der Waals surface area contributed by atoms with E-state index in [2.05, 4.69) is 10.4 Å². The molecule has 0 aliphatic rings. The Morgan fingerprint density at radius 3 is 2.68 bits per heavy atom. The Labute approximate surface area is 112 Å². The van der Waals surface area contributed by atoms with E-state index in [-0.39, 0.29) is 5.91 Å². The second-order valence-corrected chi connectivity index (χ2v) is 4.63. The van der Waals surface area contributed by atoms with E-state index >= 15 is 0 Å². The highest BCUT2D eigenvalue weighted by Crippen LogP contribution is 2.09. The smallest absolute Gasteiger partial charge is 0.241 e. The van der Waals surface area contributed by atoms with Gasteiger partial charge in [0.15, 0.2) is 0 Å². The Kier molecular flexibility index (Phi) is 3.97. The first-order valence-electron chi connectivity index (χ1n) is 6.13. The highest BCUT2D eigenvalue weighted by molar-refractivity contribution is 5.82. The number of hydrogen-bond acceptors (Lipinski definition) is 3. The summed E-state index contributed by atoms with van der Waals surface area (Å²) >= 11 is 0. The van der Waals surface area contributed by atoms with Crippen molar-refractivity contribution >= 4 is 5.91 Å². The fraction of sp³-hybridized carbons (Fsp3) is 0.286. The Morgan fingerprint density at radius 1 is 1.42 bits per heavy atom. The van der Waals surface area contributed by atoms with Gasteiger partial charge in [-0.25, -0.2) is 0 Å². The monoisotopic (exact) mass is 258 g/mol. The van der Waals surface area contributed by atoms with Gasteiger partial charge in [-0.15, -0.1) is 0 Å². The van der Waals surface area contributed by atoms with Crippen LogP contribution in [0, 0.1) is 6.92 Å². The standard InChI is InChI=1S/C14H18N4O/c1-10-3-5-11(6-4-10)7-16-14(19)13(15)12-8-17-18(2)9-12/h3-6,8-9,13H,7,15H2,1-2H3,(H,16,19). The summed E-state index contributed by atoms with van der Waals surface area (Å²) in [7, 11) is 1.79. The Morgan fingerprint density at radius 2 is 2.11 bits per heavy atom. The molecule has 1 unspecified atom stereocenters. The first-order chi connectivity index (χ1) is 9.06. The third-order valence-electron chi connectivity index (χ3n) is 2.95. The van der Waals surface area contributed by atoms with Crippen LogP contribution in [-0.4, -0.2) is 15.7 Å². The number of rotatable bonds is 4. The molecule has 5 nitrogen and oxygen atoms in total. The maximum atomic E-state index is 11.9. The maximum absolute atomic E-state index is 11.9. The molecule has 19 heavy (non-hydrogen) atoms. The van der Waals surface area contributed by atoms with E-state index in [4.69, 9.17) is 5.73 Å². The van der Waals surface area contributed by atoms with E-state index in [1.807, 2.05) is 31.2 Å². The largest absolute Gasteiger partial charge is 0.350 e. The fourth-order valence-electron chi connectivity index (χ4n) is 1.76. The third kappa shape index (κ3) is 3.42. The zero-order valence-electron chi connectivity index (χ0n) is 11.1. The maximum Gasteiger partial charge on any atom is 0.241 e. The molecule has 0 fully saturated rings. The number of aromatic nitrogens is 2. The van der Waals surface area contributed by atoms with Crippen LogP contribution in [-0.2, 0) is 18.4 Å². The lowest BCUT2D eigenvalue weighted by Gasteiger charge is -2.10. The first-order valence-corrected chi connectivity index (χ1v) is 6.13. The lowest BCUT2D eigenvalue weighted by Crippen LogP contribution is -2.33. The van der Waals surface area contributed by atoms with Gasteiger partial charge < -0.3 is 11.1 Å². The Hall–Kier alpha value is -2.14. The summed E-state index contributed by atoms with van der Waals surface area (Å²) < 4.78 is 1.63. The van der Waals surface area contributed by atoms with Crippen LogP contribution in [0.15, 0.2) is 36.7 Å². The third-order valence-corrected chi connectivity index (χ3v) is 2.95. The van der Waals surface area contributed by atoms with Crippen LogP contribution in [0.5, 0.6) is 0 Å². The molecule has 1 heterocycles. The van der Waals surface area contributed by atoms with Gasteiger partial charge in [-0.05, 0) is 12.5 Å². The number of aryl methyl sites for hydroxylation is 2. The molecule has 5 heteroatoms. The van der Waals surface area contributed by atoms with Crippen molar-refractivity contribution in [3.8, 4) is 0 Å². The number of nitrogens with zero attached hydrogens (tertiary/aromatic N) is 2. The van der Waals surface area contributed by atoms with E-state index in [1.165, 1.54) is 5.56 Å². The Bertz CT molecular complexity index is 559. The summed E-state index contributed by atoms with van der Waals surface area (Å²) in [5.74, 6) is -0.200. The van der Waals surface area contributed by atoms with Crippen LogP contribution in [0.3, 0.4) is 0 Å². The molecule has 0 aliphatic heterocycles. The van der Waals surface area contributed by atoms with E-state index in [9.17, 15) is 4.79 Å². The molecule has 1 amide bonds. The van der Waals surface area contributed by atoms with Crippen LogP contribution in [0.2, 0.25) is 0 Å². The SMILES string of the molecule is Cc1ccc(CNC(=O)C(N)c2cnn(C)c2)cc1. The molecule has 0 spiro atoms. The van der Waals surface area contributed by atoms with Gasteiger partial charge in [0, 0.05) is 25.4 Å². The molecule has 0 radical (unpaired) electrons. The van der Waals surface area contributed by atoms with Crippen LogP contribution < -0.4 is 11.1 Å². The van der Waals surface area contributed by atoms with Gasteiger partial charge in [-0.3, -0.25) is 9.48 Å². The number of nitrogens with one attached hydrogen (secondary N) is 1. The molecule has 1 atom stereocenters. The predicted molar refractivity (Wildman–Crippen MR) is 73.2 cm³/mol. The molecule has 0 bridgehead atoms. The molecular formula is C14H18N4O. The van der Waals surface area contributed by atoms with Gasteiger partial charge in [0.05, 0.1) is 6.20 Å². The molecule has 3 N–H and O–H groups in total. The Balaban J connectivity index is 1.92. The van der Waals surface area contributed by atoms with E-state index in [0.717, 1.165) is 5.56 Å². The van der Waals surface area contributed by atoms with Crippen molar-refractivity contribution in [1.82, 2.24) is 15.1 Å². The van der Waals surface area contributed by atoms with Crippen LogP contribution in [0.4, 0.5) is 0 Å². The average molecular weight is 258 g/mol. The van der Waals surface area contributed by atoms with E-state index < -0.39 is 6.04 Å². The molecule has 1 aromatic carbocycles. The van der Waals surface area contributed by atoms with Gasteiger partial charge in [-0.1, -0.05) is 29.8 Å². The van der Waals surface area contributed by atoms with Gasteiger partial charge >= 0.3 is 0 Å². The van der Waals surface area contributed by atoms with Gasteiger partial charge in [0.2, 0.25) is 5.91 Å². The van der Waals surface area contributed by atoms with Crippen molar-refractivity contribution in [3.63, 3.8) is 0 Å². The van der Waals surface area contributed by atoms with Crippen molar-refractivity contribution in [2.24, 2.45) is 12.8 Å². The summed E-state index contributed by atoms with van der Waals surface area (Å²) in [6.07, 6.45) is 3.35. The van der Waals surface area contributed by atoms with Crippen molar-refractivity contribution < 1.29 is 4.79 Å². The van der Waals surface area contributed by atoms with Crippen LogP contribution in [0.1, 0.15) is 22.7 Å². The topological polar surface area (TPSA) is 72.9 Å². The molecule has 0 saturated heterocycles. The highest BCUT2D eigenvalue weighted by Gasteiger charge is 2.16. The summed E-state index contributed by atoms with van der Waals surface area (Å²) in [5, 5.41) is 6.83. The average Bonchev–Trinajstić information content (AvgIpc) is 2.83. The molecule has 0 saturated carbocycles. The van der Waals surface area contributed by atoms with Crippen molar-refractivity contribution in [3.05, 3.63) is 53.3 Å². The highest BCUT2D eigenvalue weighted by atomic mass is 16.2. The van der Waals surface area contributed by atoms with E-state index in [1.54, 1.807) is 24.1 Å². The second-order valence-electron chi connectivity index (χ2n) is 4.63. The number of carbonyl (C=O) groups is 1. The number of amides is 1. The summed E-state index contributed by atoms with van der Waals surface area (Å²) in [6.45, 7) is 2.51. The number of nitrogens with two attached hydrogens (primary N) is 1. The minimum atomic E-state index is -0.681. The number of carbonyl (C=O) groups excluding carboxylic acids is 1. The minimum absolute atomic E-state index is 0.200. The van der Waals surface area contributed by atoms with Crippen molar-refractivity contribution in [1.29, 1.82) is 0 Å². The van der Waals surface area contributed by atoms with Gasteiger partial charge in [0.1, 0.15) is 6.04 Å². The second kappa shape index (κ2) is 5.67. The summed E-state index contributed by atoms with van der Waals surface area (Å²) in [4.78, 5) is 11.9. The van der Waals surface area contributed by atoms with Crippen LogP contribution in [0.25, 0.3) is 0 Å². The lowest BCUT2D eigenvalue weighted by molar-refractivity contribution is -0.122. The fourth-order valence-corrected chi connectivity index (χ4v) is 1.76. The molecule has 100 valence electrons. The van der Waals surface area contributed by atoms with Gasteiger partial charge in [0.25, 0.3) is 0 Å². The normalized spacial score (nSPS) is 12.2. The first kappa shape index (κ1) is 13.3. The zero-order valence-corrected chi connectivity index (χ0v) is 11.1. The van der Waals surface area contributed by atoms with Crippen LogP contribution >= 0.6 is 0 Å². The van der Waals surface area contributed by atoms with Crippen molar-refractivity contribution in [2.45, 2.75) is 19.5 Å². The predicted octanol–water partition coefficient (Wildman–Crippen LogP) is 1.04. The summed E-state index contributed by atoms with van der Waals surface area (Å²) in [6, 6.07) is 7.33. The lowest BCUT2D eigenvalue weighted by atomic mass is 10.1. The van der Waals surface area contributed by atoms with E-state index in [0.29, 0.717) is 12.1 Å². The summed E-state index contributed by atoms with van der Waals surface area (Å²) in [5.41, 5.74) is 8.84. The molecule has 2 rings (SSSR count). The van der Waals surface area contributed by atoms with Gasteiger partial charge in [-0.2, -0.15) is 5.10 Å². The number of benzene rings is 1. The molecular weight excluding hydrogens is 240 g/mol.